The molecule has 2 amide bonds. The SMILES string of the molecule is COC(=O)CCCCC(=O)NC(C)C(=O)CC(C)C(=O)Nc1cc(CO)cc(CO)c1. The number of benzene rings is 1. The summed E-state index contributed by atoms with van der Waals surface area (Å²) in [7, 11) is 1.31. The Balaban J connectivity index is 2.48. The number of ketones is 1. The second kappa shape index (κ2) is 13.5. The van der Waals surface area contributed by atoms with Crippen molar-refractivity contribution in [2.75, 3.05) is 12.4 Å². The molecule has 2 atom stereocenters. The van der Waals surface area contributed by atoms with Crippen LogP contribution < -0.4 is 10.6 Å². The maximum atomic E-state index is 12.4. The molecular formula is C22H32N2O7. The molecule has 0 heterocycles. The van der Waals surface area contributed by atoms with Gasteiger partial charge in [0.1, 0.15) is 0 Å². The average Bonchev–Trinajstić information content (AvgIpc) is 2.75. The second-order valence-corrected chi connectivity index (χ2v) is 7.49. The van der Waals surface area contributed by atoms with Crippen molar-refractivity contribution in [3.8, 4) is 0 Å². The molecule has 9 heteroatoms. The third-order valence-electron chi connectivity index (χ3n) is 4.76. The van der Waals surface area contributed by atoms with Crippen molar-refractivity contribution < 1.29 is 34.1 Å². The fraction of sp³-hybridized carbons (Fsp3) is 0.545. The summed E-state index contributed by atoms with van der Waals surface area (Å²) in [6.07, 6.45) is 1.41. The molecule has 0 spiro atoms. The van der Waals surface area contributed by atoms with E-state index in [1.165, 1.54) is 7.11 Å². The van der Waals surface area contributed by atoms with Gasteiger partial charge in [-0.3, -0.25) is 19.2 Å². The minimum atomic E-state index is -0.734. The Morgan fingerprint density at radius 2 is 1.55 bits per heavy atom. The summed E-state index contributed by atoms with van der Waals surface area (Å²) >= 11 is 0. The van der Waals surface area contributed by atoms with Crippen LogP contribution in [0.25, 0.3) is 0 Å². The van der Waals surface area contributed by atoms with E-state index in [-0.39, 0.29) is 56.0 Å². The number of hydrogen-bond acceptors (Lipinski definition) is 7. The fourth-order valence-electron chi connectivity index (χ4n) is 2.91. The summed E-state index contributed by atoms with van der Waals surface area (Å²) < 4.78 is 4.53. The molecule has 0 saturated heterocycles. The smallest absolute Gasteiger partial charge is 0.305 e. The van der Waals surface area contributed by atoms with Crippen LogP contribution in [0.15, 0.2) is 18.2 Å². The maximum absolute atomic E-state index is 12.4. The summed E-state index contributed by atoms with van der Waals surface area (Å²) in [5.74, 6) is -1.91. The quantitative estimate of drug-likeness (QED) is 0.271. The van der Waals surface area contributed by atoms with Gasteiger partial charge in [0.15, 0.2) is 5.78 Å². The van der Waals surface area contributed by atoms with Crippen molar-refractivity contribution >= 4 is 29.3 Å². The standard InChI is InChI=1S/C22H32N2O7/c1-14(22(30)24-18-10-16(12-25)9-17(11-18)13-26)8-19(27)15(2)23-20(28)6-4-5-7-21(29)31-3/h9-11,14-15,25-26H,4-8,12-13H2,1-3H3,(H,23,28)(H,24,30). The summed E-state index contributed by atoms with van der Waals surface area (Å²) in [5.41, 5.74) is 1.52. The molecule has 4 N–H and O–H groups in total. The van der Waals surface area contributed by atoms with Crippen LogP contribution >= 0.6 is 0 Å². The van der Waals surface area contributed by atoms with Crippen LogP contribution in [0.2, 0.25) is 0 Å². The normalized spacial score (nSPS) is 12.5. The Labute approximate surface area is 182 Å². The van der Waals surface area contributed by atoms with Crippen LogP contribution in [0.5, 0.6) is 0 Å². The van der Waals surface area contributed by atoms with Gasteiger partial charge in [-0.15, -0.1) is 0 Å². The molecule has 9 nitrogen and oxygen atoms in total. The van der Waals surface area contributed by atoms with Crippen LogP contribution in [0.3, 0.4) is 0 Å². The first-order valence-corrected chi connectivity index (χ1v) is 10.2. The second-order valence-electron chi connectivity index (χ2n) is 7.49. The highest BCUT2D eigenvalue weighted by Crippen LogP contribution is 2.17. The molecule has 1 rings (SSSR count). The molecule has 0 fully saturated rings. The number of carbonyl (C=O) groups is 4. The summed E-state index contributed by atoms with van der Waals surface area (Å²) in [6, 6.07) is 4.08. The molecule has 0 saturated carbocycles. The predicted octanol–water partition coefficient (Wildman–Crippen LogP) is 1.44. The largest absolute Gasteiger partial charge is 0.469 e. The topological polar surface area (TPSA) is 142 Å². The first-order chi connectivity index (χ1) is 14.7. The number of nitrogens with one attached hydrogen (secondary N) is 2. The molecule has 172 valence electrons. The molecule has 0 aliphatic carbocycles. The van der Waals surface area contributed by atoms with Crippen molar-refractivity contribution in [2.45, 2.75) is 65.2 Å². The van der Waals surface area contributed by atoms with E-state index >= 15 is 0 Å². The third kappa shape index (κ3) is 9.71. The zero-order valence-corrected chi connectivity index (χ0v) is 18.3. The van der Waals surface area contributed by atoms with Gasteiger partial charge in [-0.2, -0.15) is 0 Å². The number of rotatable bonds is 13. The van der Waals surface area contributed by atoms with Crippen LogP contribution in [0, 0.1) is 5.92 Å². The van der Waals surface area contributed by atoms with E-state index in [0.29, 0.717) is 29.7 Å². The number of aliphatic hydroxyl groups excluding tert-OH is 2. The van der Waals surface area contributed by atoms with Crippen molar-refractivity contribution in [1.29, 1.82) is 0 Å². The van der Waals surface area contributed by atoms with E-state index in [2.05, 4.69) is 15.4 Å². The Kier molecular flexibility index (Phi) is 11.4. The number of amides is 2. The minimum Gasteiger partial charge on any atom is -0.469 e. The number of carbonyl (C=O) groups excluding carboxylic acids is 4. The lowest BCUT2D eigenvalue weighted by atomic mass is 9.99. The van der Waals surface area contributed by atoms with Crippen molar-refractivity contribution in [3.63, 3.8) is 0 Å². The lowest BCUT2D eigenvalue weighted by Crippen LogP contribution is -2.39. The van der Waals surface area contributed by atoms with E-state index in [1.807, 2.05) is 0 Å². The number of anilines is 1. The average molecular weight is 437 g/mol. The number of unbranched alkanes of at least 4 members (excludes halogenated alkanes) is 1. The molecule has 0 radical (unpaired) electrons. The number of Topliss-reactive ketones (excluding diaryl/α,β-unsaturated/α-hetero) is 1. The predicted molar refractivity (Wildman–Crippen MR) is 114 cm³/mol. The maximum Gasteiger partial charge on any atom is 0.305 e. The summed E-state index contributed by atoms with van der Waals surface area (Å²) in [5, 5.41) is 23.9. The molecule has 0 aliphatic rings. The van der Waals surface area contributed by atoms with Crippen molar-refractivity contribution in [3.05, 3.63) is 29.3 Å². The van der Waals surface area contributed by atoms with E-state index in [1.54, 1.807) is 32.0 Å². The summed E-state index contributed by atoms with van der Waals surface area (Å²) in [6.45, 7) is 2.71. The lowest BCUT2D eigenvalue weighted by Gasteiger charge is -2.17. The highest BCUT2D eigenvalue weighted by Gasteiger charge is 2.22. The molecular weight excluding hydrogens is 404 g/mol. The number of aliphatic hydroxyl groups is 2. The Morgan fingerprint density at radius 1 is 0.968 bits per heavy atom. The Hall–Kier alpha value is -2.78. The van der Waals surface area contributed by atoms with Gasteiger partial charge < -0.3 is 25.6 Å². The van der Waals surface area contributed by atoms with Crippen LogP contribution in [-0.4, -0.2) is 46.9 Å². The molecule has 0 aliphatic heterocycles. The highest BCUT2D eigenvalue weighted by molar-refractivity contribution is 5.97. The van der Waals surface area contributed by atoms with Gasteiger partial charge in [-0.05, 0) is 43.0 Å². The van der Waals surface area contributed by atoms with Gasteiger partial charge in [-0.25, -0.2) is 0 Å². The molecule has 2 unspecified atom stereocenters. The van der Waals surface area contributed by atoms with Crippen LogP contribution in [0.1, 0.15) is 57.1 Å². The highest BCUT2D eigenvalue weighted by atomic mass is 16.5. The van der Waals surface area contributed by atoms with E-state index in [0.717, 1.165) is 0 Å². The lowest BCUT2D eigenvalue weighted by molar-refractivity contribution is -0.140. The van der Waals surface area contributed by atoms with Gasteiger partial charge in [0.2, 0.25) is 11.8 Å². The molecule has 0 aromatic heterocycles. The van der Waals surface area contributed by atoms with Gasteiger partial charge >= 0.3 is 5.97 Å². The zero-order chi connectivity index (χ0) is 23.4. The van der Waals surface area contributed by atoms with E-state index in [9.17, 15) is 29.4 Å². The van der Waals surface area contributed by atoms with Crippen molar-refractivity contribution in [2.24, 2.45) is 5.92 Å². The number of ether oxygens (including phenoxy) is 1. The first kappa shape index (κ1) is 26.3. The minimum absolute atomic E-state index is 0.0534. The van der Waals surface area contributed by atoms with Gasteiger partial charge in [0.25, 0.3) is 0 Å². The Morgan fingerprint density at radius 3 is 2.10 bits per heavy atom. The van der Waals surface area contributed by atoms with Gasteiger partial charge in [-0.1, -0.05) is 13.0 Å². The van der Waals surface area contributed by atoms with Crippen molar-refractivity contribution in [1.82, 2.24) is 5.32 Å². The fourth-order valence-corrected chi connectivity index (χ4v) is 2.91. The molecule has 1 aromatic carbocycles. The molecule has 0 bridgehead atoms. The number of hydrogen-bond donors (Lipinski definition) is 4. The van der Waals surface area contributed by atoms with E-state index < -0.39 is 12.0 Å². The number of esters is 1. The summed E-state index contributed by atoms with van der Waals surface area (Å²) in [4.78, 5) is 47.8. The number of methoxy groups -OCH3 is 1. The Bertz CT molecular complexity index is 757. The monoisotopic (exact) mass is 436 g/mol. The van der Waals surface area contributed by atoms with Gasteiger partial charge in [0.05, 0.1) is 26.4 Å². The zero-order valence-electron chi connectivity index (χ0n) is 18.3. The molecule has 1 aromatic rings. The molecule has 31 heavy (non-hydrogen) atoms. The van der Waals surface area contributed by atoms with E-state index in [4.69, 9.17) is 0 Å². The third-order valence-corrected chi connectivity index (χ3v) is 4.76. The van der Waals surface area contributed by atoms with Crippen LogP contribution in [-0.2, 0) is 37.1 Å². The first-order valence-electron chi connectivity index (χ1n) is 10.2. The van der Waals surface area contributed by atoms with Crippen LogP contribution in [0.4, 0.5) is 5.69 Å². The van der Waals surface area contributed by atoms with Gasteiger partial charge in [0, 0.05) is 30.9 Å².